The lowest BCUT2D eigenvalue weighted by atomic mass is 9.75. The number of benzene rings is 3. The number of carbonyl (C=O) groups is 1. The van der Waals surface area contributed by atoms with Crippen LogP contribution in [-0.4, -0.2) is 52.2 Å². The van der Waals surface area contributed by atoms with Crippen molar-refractivity contribution >= 4 is 5.97 Å². The first-order chi connectivity index (χ1) is 18.2. The monoisotopic (exact) mass is 522 g/mol. The highest BCUT2D eigenvalue weighted by molar-refractivity contribution is 5.93. The third-order valence-electron chi connectivity index (χ3n) is 7.20. The molecule has 1 N–H and O–H groups in total. The molecule has 8 heteroatoms. The highest BCUT2D eigenvalue weighted by Crippen LogP contribution is 2.56. The van der Waals surface area contributed by atoms with Gasteiger partial charge in [0.15, 0.2) is 23.0 Å². The smallest absolute Gasteiger partial charge is 0.343 e. The standard InChI is InChI=1S/C30H34O8/c1-17-13-19-14-22(38-29(31)18-11-9-8-10-12-18)26(35-5)27(36-6)23(19)24-20(16-30(17,2)32)15-21(33-3)25(34-4)28(24)37-7/h8-12,14-15,17,32H,13,16H2,1-7H3. The van der Waals surface area contributed by atoms with Crippen LogP contribution in [0.5, 0.6) is 34.5 Å². The lowest BCUT2D eigenvalue weighted by Gasteiger charge is -2.36. The van der Waals surface area contributed by atoms with E-state index in [2.05, 4.69) is 0 Å². The molecule has 202 valence electrons. The number of fused-ring (bicyclic) bond motifs is 3. The summed E-state index contributed by atoms with van der Waals surface area (Å²) in [5, 5.41) is 11.5. The number of hydrogen-bond donors (Lipinski definition) is 1. The number of ether oxygens (including phenoxy) is 6. The normalized spacial score (nSPS) is 18.3. The summed E-state index contributed by atoms with van der Waals surface area (Å²) in [7, 11) is 7.67. The first-order valence-electron chi connectivity index (χ1n) is 12.3. The summed E-state index contributed by atoms with van der Waals surface area (Å²) in [5.41, 5.74) is 2.30. The second-order valence-corrected chi connectivity index (χ2v) is 9.55. The number of methoxy groups -OCH3 is 5. The van der Waals surface area contributed by atoms with Gasteiger partial charge in [-0.25, -0.2) is 4.79 Å². The number of hydrogen-bond acceptors (Lipinski definition) is 8. The Morgan fingerprint density at radius 3 is 1.87 bits per heavy atom. The Morgan fingerprint density at radius 1 is 0.789 bits per heavy atom. The predicted octanol–water partition coefficient (Wildman–Crippen LogP) is 5.10. The van der Waals surface area contributed by atoms with Crippen molar-refractivity contribution in [3.8, 4) is 45.6 Å². The highest BCUT2D eigenvalue weighted by Gasteiger charge is 2.38. The van der Waals surface area contributed by atoms with E-state index in [-0.39, 0.29) is 17.4 Å². The molecule has 2 unspecified atom stereocenters. The Hall–Kier alpha value is -3.91. The molecule has 0 amide bonds. The van der Waals surface area contributed by atoms with Gasteiger partial charge in [-0.15, -0.1) is 0 Å². The fraction of sp³-hybridized carbons (Fsp3) is 0.367. The van der Waals surface area contributed by atoms with Gasteiger partial charge in [0, 0.05) is 17.5 Å². The van der Waals surface area contributed by atoms with Crippen molar-refractivity contribution in [3.63, 3.8) is 0 Å². The van der Waals surface area contributed by atoms with Gasteiger partial charge >= 0.3 is 5.97 Å². The summed E-state index contributed by atoms with van der Waals surface area (Å²) in [6.07, 6.45) is 0.797. The van der Waals surface area contributed by atoms with Crippen LogP contribution in [0, 0.1) is 5.92 Å². The summed E-state index contributed by atoms with van der Waals surface area (Å²) in [6, 6.07) is 12.3. The van der Waals surface area contributed by atoms with E-state index in [0.717, 1.165) is 11.1 Å². The zero-order valence-electron chi connectivity index (χ0n) is 22.8. The predicted molar refractivity (Wildman–Crippen MR) is 143 cm³/mol. The van der Waals surface area contributed by atoms with Crippen LogP contribution >= 0.6 is 0 Å². The van der Waals surface area contributed by atoms with Crippen molar-refractivity contribution in [2.75, 3.05) is 35.5 Å². The van der Waals surface area contributed by atoms with E-state index in [1.165, 1.54) is 14.2 Å². The molecule has 0 heterocycles. The number of carbonyl (C=O) groups excluding carboxylic acids is 1. The van der Waals surface area contributed by atoms with Crippen molar-refractivity contribution in [2.24, 2.45) is 5.92 Å². The minimum absolute atomic E-state index is 0.163. The Labute approximate surface area is 223 Å². The van der Waals surface area contributed by atoms with E-state index < -0.39 is 11.6 Å². The van der Waals surface area contributed by atoms with E-state index in [9.17, 15) is 9.90 Å². The van der Waals surface area contributed by atoms with Crippen molar-refractivity contribution in [1.29, 1.82) is 0 Å². The van der Waals surface area contributed by atoms with E-state index in [4.69, 9.17) is 28.4 Å². The van der Waals surface area contributed by atoms with Crippen LogP contribution < -0.4 is 28.4 Å². The second kappa shape index (κ2) is 10.8. The third kappa shape index (κ3) is 4.72. The summed E-state index contributed by atoms with van der Waals surface area (Å²) in [6.45, 7) is 3.80. The van der Waals surface area contributed by atoms with Crippen LogP contribution in [-0.2, 0) is 12.8 Å². The molecule has 0 aliphatic heterocycles. The molecule has 8 nitrogen and oxygen atoms in total. The molecule has 3 aromatic rings. The molecular formula is C30H34O8. The summed E-state index contributed by atoms with van der Waals surface area (Å²) < 4.78 is 34.7. The molecule has 3 aromatic carbocycles. The van der Waals surface area contributed by atoms with Gasteiger partial charge in [0.25, 0.3) is 0 Å². The Balaban J connectivity index is 2.05. The van der Waals surface area contributed by atoms with Gasteiger partial charge in [-0.2, -0.15) is 0 Å². The van der Waals surface area contributed by atoms with Crippen LogP contribution in [0.15, 0.2) is 42.5 Å². The van der Waals surface area contributed by atoms with Crippen molar-refractivity contribution in [2.45, 2.75) is 32.3 Å². The molecule has 0 bridgehead atoms. The van der Waals surface area contributed by atoms with Crippen LogP contribution in [0.3, 0.4) is 0 Å². The molecule has 0 saturated heterocycles. The van der Waals surface area contributed by atoms with E-state index in [0.29, 0.717) is 52.5 Å². The first-order valence-corrected chi connectivity index (χ1v) is 12.3. The number of rotatable bonds is 7. The van der Waals surface area contributed by atoms with Crippen molar-refractivity contribution in [1.82, 2.24) is 0 Å². The minimum atomic E-state index is -1.06. The van der Waals surface area contributed by atoms with Gasteiger partial charge < -0.3 is 33.5 Å². The molecular weight excluding hydrogens is 488 g/mol. The SMILES string of the molecule is COc1cc2c(c(OC)c1OC)-c1c(cc(OC(=O)c3ccccc3)c(OC)c1OC)CC(C)C(C)(O)C2. The lowest BCUT2D eigenvalue weighted by molar-refractivity contribution is 0.00626. The largest absolute Gasteiger partial charge is 0.493 e. The van der Waals surface area contributed by atoms with Gasteiger partial charge in [-0.05, 0) is 54.7 Å². The molecule has 38 heavy (non-hydrogen) atoms. The van der Waals surface area contributed by atoms with Gasteiger partial charge in [-0.3, -0.25) is 0 Å². The molecule has 1 aliphatic carbocycles. The molecule has 4 rings (SSSR count). The Morgan fingerprint density at radius 2 is 1.32 bits per heavy atom. The van der Waals surface area contributed by atoms with Crippen LogP contribution in [0.4, 0.5) is 0 Å². The first kappa shape index (κ1) is 27.1. The molecule has 0 spiro atoms. The lowest BCUT2D eigenvalue weighted by Crippen LogP contribution is -2.37. The van der Waals surface area contributed by atoms with Crippen LogP contribution in [0.2, 0.25) is 0 Å². The minimum Gasteiger partial charge on any atom is -0.493 e. The highest BCUT2D eigenvalue weighted by atomic mass is 16.6. The van der Waals surface area contributed by atoms with Crippen molar-refractivity contribution < 1.29 is 38.3 Å². The molecule has 1 aliphatic rings. The number of aliphatic hydroxyl groups is 1. The zero-order chi connectivity index (χ0) is 27.6. The Bertz CT molecular complexity index is 1330. The van der Waals surface area contributed by atoms with Gasteiger partial charge in [0.2, 0.25) is 11.5 Å². The van der Waals surface area contributed by atoms with Gasteiger partial charge in [0.1, 0.15) is 0 Å². The summed E-state index contributed by atoms with van der Waals surface area (Å²) >= 11 is 0. The molecule has 0 radical (unpaired) electrons. The number of esters is 1. The fourth-order valence-electron chi connectivity index (χ4n) is 5.03. The van der Waals surface area contributed by atoms with Crippen molar-refractivity contribution in [3.05, 3.63) is 59.2 Å². The van der Waals surface area contributed by atoms with E-state index >= 15 is 0 Å². The Kier molecular flexibility index (Phi) is 7.73. The molecule has 2 atom stereocenters. The van der Waals surface area contributed by atoms with Crippen LogP contribution in [0.1, 0.15) is 35.3 Å². The van der Waals surface area contributed by atoms with E-state index in [1.54, 1.807) is 51.7 Å². The summed E-state index contributed by atoms with van der Waals surface area (Å²) in [4.78, 5) is 13.0. The maximum atomic E-state index is 13.0. The topological polar surface area (TPSA) is 92.7 Å². The fourth-order valence-corrected chi connectivity index (χ4v) is 5.03. The van der Waals surface area contributed by atoms with E-state index in [1.807, 2.05) is 26.0 Å². The second-order valence-electron chi connectivity index (χ2n) is 9.55. The quantitative estimate of drug-likeness (QED) is 0.338. The maximum absolute atomic E-state index is 13.0. The third-order valence-corrected chi connectivity index (χ3v) is 7.20. The average molecular weight is 523 g/mol. The molecule has 0 fully saturated rings. The van der Waals surface area contributed by atoms with Gasteiger partial charge in [-0.1, -0.05) is 25.1 Å². The van der Waals surface area contributed by atoms with Gasteiger partial charge in [0.05, 0.1) is 46.7 Å². The zero-order valence-corrected chi connectivity index (χ0v) is 22.8. The van der Waals surface area contributed by atoms with Crippen LogP contribution in [0.25, 0.3) is 11.1 Å². The maximum Gasteiger partial charge on any atom is 0.343 e. The molecule has 0 saturated carbocycles. The summed E-state index contributed by atoms with van der Waals surface area (Å²) in [5.74, 6) is 1.49. The molecule has 0 aromatic heterocycles. The average Bonchev–Trinajstić information content (AvgIpc) is 2.91.